The third-order valence-corrected chi connectivity index (χ3v) is 2.52. The Kier molecular flexibility index (Phi) is 7.85. The largest absolute Gasteiger partial charge is 0.480 e. The molecule has 0 aromatic heterocycles. The summed E-state index contributed by atoms with van der Waals surface area (Å²) >= 11 is 0. The number of carboxylic acid groups (broad SMARTS) is 1. The molecule has 0 spiro atoms. The number of benzene rings is 1. The van der Waals surface area contributed by atoms with Gasteiger partial charge in [-0.15, -0.1) is 0 Å². The summed E-state index contributed by atoms with van der Waals surface area (Å²) in [5.74, 6) is -1.19. The number of nitrogens with one attached hydrogen (secondary N) is 1. The maximum Gasteiger partial charge on any atom is 0.408 e. The van der Waals surface area contributed by atoms with Gasteiger partial charge in [-0.3, -0.25) is 0 Å². The third-order valence-electron chi connectivity index (χ3n) is 2.52. The van der Waals surface area contributed by atoms with E-state index in [0.29, 0.717) is 6.61 Å². The molecule has 0 fully saturated rings. The van der Waals surface area contributed by atoms with E-state index in [9.17, 15) is 9.59 Å². The zero-order chi connectivity index (χ0) is 15.5. The van der Waals surface area contributed by atoms with Gasteiger partial charge in [0.15, 0.2) is 6.04 Å². The maximum absolute atomic E-state index is 11.5. The van der Waals surface area contributed by atoms with Gasteiger partial charge < -0.3 is 24.6 Å². The van der Waals surface area contributed by atoms with Crippen LogP contribution in [0.4, 0.5) is 4.79 Å². The second kappa shape index (κ2) is 9.73. The van der Waals surface area contributed by atoms with Crippen molar-refractivity contribution >= 4 is 12.1 Å². The minimum Gasteiger partial charge on any atom is -0.480 e. The van der Waals surface area contributed by atoms with E-state index in [1.54, 1.807) is 12.1 Å². The SMILES string of the molecule is COCCOCC(NC(=O)OCc1ccccc1)C(=O)O. The number of aliphatic carboxylic acids is 1. The van der Waals surface area contributed by atoms with Gasteiger partial charge in [0.2, 0.25) is 0 Å². The summed E-state index contributed by atoms with van der Waals surface area (Å²) in [4.78, 5) is 22.5. The first-order chi connectivity index (χ1) is 10.1. The van der Waals surface area contributed by atoms with Crippen molar-refractivity contribution < 1.29 is 28.9 Å². The van der Waals surface area contributed by atoms with E-state index in [4.69, 9.17) is 19.3 Å². The molecule has 0 aliphatic rings. The predicted octanol–water partition coefficient (Wildman–Crippen LogP) is 1.03. The molecule has 0 bridgehead atoms. The van der Waals surface area contributed by atoms with Crippen LogP contribution in [0.1, 0.15) is 5.56 Å². The Bertz CT molecular complexity index is 436. The van der Waals surface area contributed by atoms with Crippen LogP contribution < -0.4 is 5.32 Å². The molecule has 0 aliphatic heterocycles. The quantitative estimate of drug-likeness (QED) is 0.661. The second-order valence-electron chi connectivity index (χ2n) is 4.16. The average molecular weight is 297 g/mol. The lowest BCUT2D eigenvalue weighted by Gasteiger charge is -2.14. The molecule has 0 radical (unpaired) electrons. The van der Waals surface area contributed by atoms with E-state index in [1.165, 1.54) is 7.11 Å². The molecule has 0 aliphatic carbocycles. The molecule has 21 heavy (non-hydrogen) atoms. The molecule has 7 heteroatoms. The van der Waals surface area contributed by atoms with E-state index in [2.05, 4.69) is 5.32 Å². The highest BCUT2D eigenvalue weighted by atomic mass is 16.6. The second-order valence-corrected chi connectivity index (χ2v) is 4.16. The van der Waals surface area contributed by atoms with Gasteiger partial charge in [-0.1, -0.05) is 30.3 Å². The van der Waals surface area contributed by atoms with Crippen LogP contribution in [0.25, 0.3) is 0 Å². The van der Waals surface area contributed by atoms with E-state index in [-0.39, 0.29) is 19.8 Å². The topological polar surface area (TPSA) is 94.1 Å². The molecule has 0 saturated heterocycles. The Morgan fingerprint density at radius 2 is 1.95 bits per heavy atom. The zero-order valence-corrected chi connectivity index (χ0v) is 11.8. The molecule has 7 nitrogen and oxygen atoms in total. The van der Waals surface area contributed by atoms with Gasteiger partial charge in [-0.2, -0.15) is 0 Å². The summed E-state index contributed by atoms with van der Waals surface area (Å²) in [5, 5.41) is 11.2. The van der Waals surface area contributed by atoms with E-state index in [0.717, 1.165) is 5.56 Å². The standard InChI is InChI=1S/C14H19NO6/c1-19-7-8-20-10-12(13(16)17)15-14(18)21-9-11-5-3-2-4-6-11/h2-6,12H,7-10H2,1H3,(H,15,18)(H,16,17). The van der Waals surface area contributed by atoms with E-state index >= 15 is 0 Å². The monoisotopic (exact) mass is 297 g/mol. The van der Waals surface area contributed by atoms with Crippen LogP contribution in [0.3, 0.4) is 0 Å². The Morgan fingerprint density at radius 1 is 1.24 bits per heavy atom. The van der Waals surface area contributed by atoms with Crippen molar-refractivity contribution in [2.75, 3.05) is 26.9 Å². The van der Waals surface area contributed by atoms with Crippen molar-refractivity contribution in [3.05, 3.63) is 35.9 Å². The van der Waals surface area contributed by atoms with Crippen LogP contribution >= 0.6 is 0 Å². The lowest BCUT2D eigenvalue weighted by Crippen LogP contribution is -2.44. The normalized spacial score (nSPS) is 11.7. The van der Waals surface area contributed by atoms with Crippen molar-refractivity contribution in [2.24, 2.45) is 0 Å². The minimum absolute atomic E-state index is 0.0730. The summed E-state index contributed by atoms with van der Waals surface area (Å²) < 4.78 is 14.8. The van der Waals surface area contributed by atoms with Crippen LogP contribution in [-0.4, -0.2) is 50.1 Å². The maximum atomic E-state index is 11.5. The fourth-order valence-corrected chi connectivity index (χ4v) is 1.43. The number of carboxylic acids is 1. The Balaban J connectivity index is 2.33. The molecule has 1 aromatic rings. The van der Waals surface area contributed by atoms with Crippen LogP contribution in [0, 0.1) is 0 Å². The van der Waals surface area contributed by atoms with Crippen molar-refractivity contribution in [1.82, 2.24) is 5.32 Å². The lowest BCUT2D eigenvalue weighted by atomic mass is 10.2. The number of methoxy groups -OCH3 is 1. The highest BCUT2D eigenvalue weighted by molar-refractivity contribution is 5.79. The van der Waals surface area contributed by atoms with Gasteiger partial charge in [0.05, 0.1) is 19.8 Å². The molecule has 1 amide bonds. The fraction of sp³-hybridized carbons (Fsp3) is 0.429. The Labute approximate surface area is 122 Å². The van der Waals surface area contributed by atoms with Crippen molar-refractivity contribution in [3.63, 3.8) is 0 Å². The number of carbonyl (C=O) groups is 2. The molecule has 1 aromatic carbocycles. The molecule has 1 unspecified atom stereocenters. The summed E-state index contributed by atoms with van der Waals surface area (Å²) in [7, 11) is 1.51. The van der Waals surface area contributed by atoms with Crippen LogP contribution in [-0.2, 0) is 25.6 Å². The number of hydrogen-bond acceptors (Lipinski definition) is 5. The highest BCUT2D eigenvalue weighted by Crippen LogP contribution is 2.01. The number of amides is 1. The molecule has 1 atom stereocenters. The molecule has 0 heterocycles. The minimum atomic E-state index is -1.19. The smallest absolute Gasteiger partial charge is 0.408 e. The Morgan fingerprint density at radius 3 is 2.57 bits per heavy atom. The van der Waals surface area contributed by atoms with Crippen molar-refractivity contribution in [3.8, 4) is 0 Å². The number of carbonyl (C=O) groups excluding carboxylic acids is 1. The highest BCUT2D eigenvalue weighted by Gasteiger charge is 2.20. The third kappa shape index (κ3) is 7.28. The molecule has 1 rings (SSSR count). The van der Waals surface area contributed by atoms with Crippen molar-refractivity contribution in [2.45, 2.75) is 12.6 Å². The van der Waals surface area contributed by atoms with Gasteiger partial charge >= 0.3 is 12.1 Å². The first-order valence-corrected chi connectivity index (χ1v) is 6.40. The molecular weight excluding hydrogens is 278 g/mol. The van der Waals surface area contributed by atoms with Crippen LogP contribution in [0.5, 0.6) is 0 Å². The number of rotatable bonds is 9. The first-order valence-electron chi connectivity index (χ1n) is 6.40. The van der Waals surface area contributed by atoms with Gasteiger partial charge in [0.25, 0.3) is 0 Å². The molecule has 2 N–H and O–H groups in total. The molecule has 116 valence electrons. The number of alkyl carbamates (subject to hydrolysis) is 1. The summed E-state index contributed by atoms with van der Waals surface area (Å²) in [5.41, 5.74) is 0.816. The van der Waals surface area contributed by atoms with Gasteiger partial charge in [-0.05, 0) is 5.56 Å². The summed E-state index contributed by atoms with van der Waals surface area (Å²) in [6.45, 7) is 0.522. The predicted molar refractivity (Wildman–Crippen MR) is 73.9 cm³/mol. The molecular formula is C14H19NO6. The fourth-order valence-electron chi connectivity index (χ4n) is 1.43. The number of hydrogen-bond donors (Lipinski definition) is 2. The van der Waals surface area contributed by atoms with Crippen LogP contribution in [0.2, 0.25) is 0 Å². The zero-order valence-electron chi connectivity index (χ0n) is 11.8. The lowest BCUT2D eigenvalue weighted by molar-refractivity contribution is -0.141. The molecule has 0 saturated carbocycles. The van der Waals surface area contributed by atoms with Gasteiger partial charge in [0.1, 0.15) is 6.61 Å². The van der Waals surface area contributed by atoms with Crippen LogP contribution in [0.15, 0.2) is 30.3 Å². The van der Waals surface area contributed by atoms with Gasteiger partial charge in [-0.25, -0.2) is 9.59 Å². The number of ether oxygens (including phenoxy) is 3. The van der Waals surface area contributed by atoms with E-state index < -0.39 is 18.1 Å². The van der Waals surface area contributed by atoms with Gasteiger partial charge in [0, 0.05) is 7.11 Å². The van der Waals surface area contributed by atoms with E-state index in [1.807, 2.05) is 18.2 Å². The average Bonchev–Trinajstić information content (AvgIpc) is 2.49. The first kappa shape index (κ1) is 16.9. The Hall–Kier alpha value is -2.12. The summed E-state index contributed by atoms with van der Waals surface area (Å²) in [6, 6.07) is 7.93. The van der Waals surface area contributed by atoms with Crippen molar-refractivity contribution in [1.29, 1.82) is 0 Å². The summed E-state index contributed by atoms with van der Waals surface area (Å²) in [6.07, 6.45) is -0.804.